The monoisotopic (exact) mass is 458 g/mol. The van der Waals surface area contributed by atoms with Crippen molar-refractivity contribution in [2.24, 2.45) is 5.73 Å². The Bertz CT molecular complexity index is 827. The first-order valence-corrected chi connectivity index (χ1v) is 9.61. The maximum absolute atomic E-state index is 12.7. The summed E-state index contributed by atoms with van der Waals surface area (Å²) in [6.07, 6.45) is 3.06. The van der Waals surface area contributed by atoms with E-state index in [1.807, 2.05) is 29.2 Å². The summed E-state index contributed by atoms with van der Waals surface area (Å²) in [6.45, 7) is 3.71. The Morgan fingerprint density at radius 3 is 2.52 bits per heavy atom. The molecule has 0 aliphatic carbocycles. The third kappa shape index (κ3) is 5.22. The molecular weight excluding hydrogens is 435 g/mol. The van der Waals surface area contributed by atoms with Crippen LogP contribution in [0.3, 0.4) is 0 Å². The Labute approximate surface area is 187 Å². The maximum Gasteiger partial charge on any atom is 0.239 e. The van der Waals surface area contributed by atoms with Crippen molar-refractivity contribution in [1.29, 1.82) is 0 Å². The van der Waals surface area contributed by atoms with Crippen LogP contribution >= 0.6 is 36.4 Å². The zero-order chi connectivity index (χ0) is 18.8. The fourth-order valence-electron chi connectivity index (χ4n) is 3.70. The minimum atomic E-state index is -0.537. The number of anilines is 2. The van der Waals surface area contributed by atoms with Gasteiger partial charge in [-0.2, -0.15) is 0 Å². The summed E-state index contributed by atoms with van der Waals surface area (Å²) in [7, 11) is 0. The Morgan fingerprint density at radius 1 is 1.14 bits per heavy atom. The van der Waals surface area contributed by atoms with Gasteiger partial charge in [-0.1, -0.05) is 23.7 Å². The van der Waals surface area contributed by atoms with Crippen molar-refractivity contribution >= 4 is 54.0 Å². The molecule has 0 radical (unpaired) electrons. The van der Waals surface area contributed by atoms with Crippen molar-refractivity contribution in [1.82, 2.24) is 14.9 Å². The summed E-state index contributed by atoms with van der Waals surface area (Å²) in [5, 5.41) is 3.96. The molecule has 2 aromatic rings. The predicted octanol–water partition coefficient (Wildman–Crippen LogP) is 2.16. The quantitative estimate of drug-likeness (QED) is 0.728. The van der Waals surface area contributed by atoms with Crippen LogP contribution in [0, 0.1) is 0 Å². The largest absolute Gasteiger partial charge is 0.369 e. The summed E-state index contributed by atoms with van der Waals surface area (Å²) < 4.78 is 0. The fourth-order valence-corrected chi connectivity index (χ4v) is 3.82. The molecule has 7 nitrogen and oxygen atoms in total. The zero-order valence-corrected chi connectivity index (χ0v) is 18.3. The van der Waals surface area contributed by atoms with Gasteiger partial charge in [0, 0.05) is 43.3 Å². The molecule has 3 heterocycles. The lowest BCUT2D eigenvalue weighted by Gasteiger charge is -2.37. The molecule has 0 spiro atoms. The fraction of sp³-hybridized carbons (Fsp3) is 0.421. The van der Waals surface area contributed by atoms with Crippen LogP contribution in [0.15, 0.2) is 30.6 Å². The van der Waals surface area contributed by atoms with Crippen LogP contribution in [-0.4, -0.2) is 59.5 Å². The van der Waals surface area contributed by atoms with E-state index < -0.39 is 6.04 Å². The lowest BCUT2D eigenvalue weighted by molar-refractivity contribution is -0.132. The van der Waals surface area contributed by atoms with Crippen molar-refractivity contribution in [3.63, 3.8) is 0 Å². The summed E-state index contributed by atoms with van der Waals surface area (Å²) in [4.78, 5) is 25.6. The summed E-state index contributed by atoms with van der Waals surface area (Å²) in [5.41, 5.74) is 8.37. The third-order valence-corrected chi connectivity index (χ3v) is 5.42. The Hall–Kier alpha value is -1.80. The lowest BCUT2D eigenvalue weighted by atomic mass is 10.1. The molecule has 1 fully saturated rings. The van der Waals surface area contributed by atoms with E-state index in [0.29, 0.717) is 24.5 Å². The first-order valence-electron chi connectivity index (χ1n) is 9.23. The number of nitrogens with zero attached hydrogens (tertiary/aromatic N) is 4. The molecular formula is C19H25Cl3N6O. The number of aromatic nitrogens is 2. The third-order valence-electron chi connectivity index (χ3n) is 5.17. The number of carbonyl (C=O) groups excluding carboxylic acids is 1. The van der Waals surface area contributed by atoms with Crippen LogP contribution in [-0.2, 0) is 17.6 Å². The highest BCUT2D eigenvalue weighted by Crippen LogP contribution is 2.28. The van der Waals surface area contributed by atoms with Gasteiger partial charge < -0.3 is 20.9 Å². The van der Waals surface area contributed by atoms with E-state index in [4.69, 9.17) is 17.3 Å². The second-order valence-electron chi connectivity index (χ2n) is 6.95. The van der Waals surface area contributed by atoms with Gasteiger partial charge in [0.25, 0.3) is 0 Å². The molecule has 1 atom stereocenters. The lowest BCUT2D eigenvalue weighted by Crippen LogP contribution is -2.54. The highest BCUT2D eigenvalue weighted by Gasteiger charge is 2.28. The van der Waals surface area contributed by atoms with E-state index in [-0.39, 0.29) is 30.7 Å². The van der Waals surface area contributed by atoms with E-state index in [2.05, 4.69) is 20.2 Å². The Kier molecular flexibility index (Phi) is 8.34. The zero-order valence-electron chi connectivity index (χ0n) is 15.9. The predicted molar refractivity (Wildman–Crippen MR) is 121 cm³/mol. The second-order valence-corrected chi connectivity index (χ2v) is 7.39. The summed E-state index contributed by atoms with van der Waals surface area (Å²) in [5.74, 6) is 1.92. The van der Waals surface area contributed by atoms with Gasteiger partial charge in [0.1, 0.15) is 18.0 Å². The van der Waals surface area contributed by atoms with Gasteiger partial charge in [-0.15, -0.1) is 24.8 Å². The van der Waals surface area contributed by atoms with Crippen molar-refractivity contribution in [2.75, 3.05) is 42.9 Å². The average Bonchev–Trinajstić information content (AvgIpc) is 3.18. The number of benzene rings is 1. The number of fused-ring (bicyclic) bond motifs is 1. The maximum atomic E-state index is 12.7. The molecule has 10 heteroatoms. The summed E-state index contributed by atoms with van der Waals surface area (Å²) >= 11 is 5.91. The minimum absolute atomic E-state index is 0. The number of hydrogen-bond acceptors (Lipinski definition) is 6. The topological polar surface area (TPSA) is 87.4 Å². The normalized spacial score (nSPS) is 16.2. The van der Waals surface area contributed by atoms with Gasteiger partial charge in [0.05, 0.1) is 6.04 Å². The average molecular weight is 460 g/mol. The van der Waals surface area contributed by atoms with Crippen LogP contribution < -0.4 is 16.0 Å². The van der Waals surface area contributed by atoms with Crippen LogP contribution in [0.1, 0.15) is 11.1 Å². The number of nitrogens with one attached hydrogen (secondary N) is 1. The van der Waals surface area contributed by atoms with Crippen molar-refractivity contribution in [2.45, 2.75) is 18.9 Å². The number of halogens is 3. The molecule has 4 rings (SSSR count). The second kappa shape index (κ2) is 10.3. The SMILES string of the molecule is Cl.Cl.N[C@H](Cc1ccc(Cl)cc1)C(=O)N1CCN(c2ncnc3c2CCN3)CC1. The first-order chi connectivity index (χ1) is 13.1. The van der Waals surface area contributed by atoms with Crippen molar-refractivity contribution in [3.8, 4) is 0 Å². The van der Waals surface area contributed by atoms with E-state index in [9.17, 15) is 4.79 Å². The van der Waals surface area contributed by atoms with Crippen LogP contribution in [0.5, 0.6) is 0 Å². The number of rotatable bonds is 4. The van der Waals surface area contributed by atoms with E-state index in [0.717, 1.165) is 43.3 Å². The van der Waals surface area contributed by atoms with Crippen LogP contribution in [0.4, 0.5) is 11.6 Å². The smallest absolute Gasteiger partial charge is 0.239 e. The number of hydrogen-bond donors (Lipinski definition) is 2. The molecule has 2 aliphatic heterocycles. The highest BCUT2D eigenvalue weighted by molar-refractivity contribution is 6.30. The number of nitrogens with two attached hydrogens (primary N) is 1. The van der Waals surface area contributed by atoms with Gasteiger partial charge >= 0.3 is 0 Å². The van der Waals surface area contributed by atoms with Gasteiger partial charge in [-0.25, -0.2) is 9.97 Å². The number of carbonyl (C=O) groups is 1. The van der Waals surface area contributed by atoms with Crippen LogP contribution in [0.2, 0.25) is 5.02 Å². The Morgan fingerprint density at radius 2 is 1.83 bits per heavy atom. The molecule has 1 aromatic carbocycles. The highest BCUT2D eigenvalue weighted by atomic mass is 35.5. The number of amides is 1. The Balaban J connectivity index is 0.00000150. The van der Waals surface area contributed by atoms with Crippen molar-refractivity contribution in [3.05, 3.63) is 46.7 Å². The van der Waals surface area contributed by atoms with E-state index in [1.165, 1.54) is 5.56 Å². The molecule has 29 heavy (non-hydrogen) atoms. The molecule has 1 aromatic heterocycles. The minimum Gasteiger partial charge on any atom is -0.369 e. The standard InChI is InChI=1S/C19H23ClN6O.2ClH/c20-14-3-1-13(2-4-14)11-16(21)19(27)26-9-7-25(8-10-26)18-15-5-6-22-17(15)23-12-24-18;;/h1-4,12,16H,5-11,21H2,(H,22,23,24);2*1H/t16-;;/m1../s1. The molecule has 0 unspecified atom stereocenters. The van der Waals surface area contributed by atoms with Gasteiger partial charge in [-0.3, -0.25) is 4.79 Å². The molecule has 0 saturated carbocycles. The molecule has 2 aliphatic rings. The van der Waals surface area contributed by atoms with E-state index in [1.54, 1.807) is 6.33 Å². The van der Waals surface area contributed by atoms with Crippen LogP contribution in [0.25, 0.3) is 0 Å². The van der Waals surface area contributed by atoms with Gasteiger partial charge in [-0.05, 0) is 30.5 Å². The summed E-state index contributed by atoms with van der Waals surface area (Å²) in [6, 6.07) is 6.93. The molecule has 158 valence electrons. The molecule has 1 saturated heterocycles. The van der Waals surface area contributed by atoms with Crippen molar-refractivity contribution < 1.29 is 4.79 Å². The van der Waals surface area contributed by atoms with E-state index >= 15 is 0 Å². The molecule has 1 amide bonds. The molecule has 0 bridgehead atoms. The van der Waals surface area contributed by atoms with Gasteiger partial charge in [0.15, 0.2) is 0 Å². The van der Waals surface area contributed by atoms with Gasteiger partial charge in [0.2, 0.25) is 5.91 Å². The molecule has 3 N–H and O–H groups in total. The first kappa shape index (κ1) is 23.5. The number of piperazine rings is 1.